The smallest absolute Gasteiger partial charge is 0.101 e. The van der Waals surface area contributed by atoms with Crippen LogP contribution in [0.4, 0.5) is 5.69 Å². The molecule has 0 bridgehead atoms. The van der Waals surface area contributed by atoms with Gasteiger partial charge in [-0.2, -0.15) is 5.26 Å². The fraction of sp³-hybridized carbons (Fsp3) is 0.462. The summed E-state index contributed by atoms with van der Waals surface area (Å²) in [4.78, 5) is 2.32. The van der Waals surface area contributed by atoms with Crippen molar-refractivity contribution >= 4 is 17.3 Å². The van der Waals surface area contributed by atoms with Gasteiger partial charge in [0.05, 0.1) is 11.3 Å². The Labute approximate surface area is 101 Å². The van der Waals surface area contributed by atoms with Gasteiger partial charge in [0.25, 0.3) is 0 Å². The van der Waals surface area contributed by atoms with E-state index in [1.54, 1.807) is 0 Å². The Kier molecular flexibility index (Phi) is 3.36. The maximum absolute atomic E-state index is 9.17. The number of benzene rings is 1. The summed E-state index contributed by atoms with van der Waals surface area (Å²) in [5.74, 6) is 0.463. The van der Waals surface area contributed by atoms with Gasteiger partial charge in [0.1, 0.15) is 6.07 Å². The molecule has 0 amide bonds. The summed E-state index contributed by atoms with van der Waals surface area (Å²) in [5.41, 5.74) is 2.81. The molecule has 0 radical (unpaired) electrons. The number of alkyl halides is 1. The van der Waals surface area contributed by atoms with Crippen molar-refractivity contribution in [3.63, 3.8) is 0 Å². The second-order valence-corrected chi connectivity index (χ2v) is 4.55. The van der Waals surface area contributed by atoms with Crippen LogP contribution in [0.2, 0.25) is 0 Å². The topological polar surface area (TPSA) is 27.0 Å². The van der Waals surface area contributed by atoms with Gasteiger partial charge in [-0.15, -0.1) is 11.6 Å². The number of nitrogens with zero attached hydrogens (tertiary/aromatic N) is 2. The number of anilines is 1. The average molecular weight is 235 g/mol. The van der Waals surface area contributed by atoms with Crippen LogP contribution in [0, 0.1) is 11.3 Å². The van der Waals surface area contributed by atoms with Crippen molar-refractivity contribution in [1.29, 1.82) is 5.26 Å². The number of rotatable bonds is 2. The molecule has 1 saturated heterocycles. The highest BCUT2D eigenvalue weighted by Gasteiger charge is 2.22. The van der Waals surface area contributed by atoms with Crippen LogP contribution < -0.4 is 4.90 Å². The quantitative estimate of drug-likeness (QED) is 0.735. The van der Waals surface area contributed by atoms with E-state index in [4.69, 9.17) is 16.9 Å². The molecule has 1 unspecified atom stereocenters. The lowest BCUT2D eigenvalue weighted by Crippen LogP contribution is -2.27. The Morgan fingerprint density at radius 1 is 1.56 bits per heavy atom. The first-order valence-corrected chi connectivity index (χ1v) is 6.15. The van der Waals surface area contributed by atoms with Crippen LogP contribution in [0.3, 0.4) is 0 Å². The molecule has 16 heavy (non-hydrogen) atoms. The van der Waals surface area contributed by atoms with Crippen LogP contribution in [0.25, 0.3) is 0 Å². The van der Waals surface area contributed by atoms with Crippen LogP contribution >= 0.6 is 11.6 Å². The van der Waals surface area contributed by atoms with E-state index in [1.165, 1.54) is 12.8 Å². The van der Waals surface area contributed by atoms with Gasteiger partial charge in [0, 0.05) is 18.5 Å². The molecule has 1 fully saturated rings. The van der Waals surface area contributed by atoms with Gasteiger partial charge in [0.15, 0.2) is 0 Å². The van der Waals surface area contributed by atoms with Gasteiger partial charge in [0.2, 0.25) is 0 Å². The fourth-order valence-corrected chi connectivity index (χ4v) is 2.46. The molecule has 1 heterocycles. The molecule has 1 aliphatic heterocycles. The third-order valence-electron chi connectivity index (χ3n) is 3.20. The van der Waals surface area contributed by atoms with Crippen LogP contribution in [-0.2, 0) is 5.88 Å². The molecule has 0 saturated carbocycles. The zero-order valence-corrected chi connectivity index (χ0v) is 10.2. The Hall–Kier alpha value is -1.20. The van der Waals surface area contributed by atoms with E-state index in [0.717, 1.165) is 23.4 Å². The van der Waals surface area contributed by atoms with E-state index < -0.39 is 0 Å². The van der Waals surface area contributed by atoms with Gasteiger partial charge < -0.3 is 4.90 Å². The lowest BCUT2D eigenvalue weighted by Gasteiger charge is -2.25. The summed E-state index contributed by atoms with van der Waals surface area (Å²) in [6.07, 6.45) is 2.42. The minimum Gasteiger partial charge on any atom is -0.368 e. The molecule has 2 nitrogen and oxygen atoms in total. The molecular weight excluding hydrogens is 220 g/mol. The van der Waals surface area contributed by atoms with Crippen molar-refractivity contribution in [1.82, 2.24) is 0 Å². The minimum absolute atomic E-state index is 0.463. The zero-order valence-electron chi connectivity index (χ0n) is 9.41. The molecule has 0 aromatic heterocycles. The summed E-state index contributed by atoms with van der Waals surface area (Å²) >= 11 is 5.77. The summed E-state index contributed by atoms with van der Waals surface area (Å²) in [6, 6.07) is 8.73. The first-order chi connectivity index (χ1) is 7.76. The first kappa shape index (κ1) is 11.3. The number of nitriles is 1. The van der Waals surface area contributed by atoms with Crippen LogP contribution in [0.1, 0.15) is 30.9 Å². The molecular formula is C13H15ClN2. The molecule has 0 N–H and O–H groups in total. The third-order valence-corrected chi connectivity index (χ3v) is 3.51. The molecule has 1 aromatic carbocycles. The number of halogens is 1. The van der Waals surface area contributed by atoms with Gasteiger partial charge in [-0.1, -0.05) is 6.07 Å². The first-order valence-electron chi connectivity index (χ1n) is 5.62. The summed E-state index contributed by atoms with van der Waals surface area (Å²) < 4.78 is 0. The highest BCUT2D eigenvalue weighted by Crippen LogP contribution is 2.29. The Morgan fingerprint density at radius 2 is 2.38 bits per heavy atom. The molecule has 1 atom stereocenters. The highest BCUT2D eigenvalue weighted by atomic mass is 35.5. The van der Waals surface area contributed by atoms with Crippen LogP contribution in [0.15, 0.2) is 18.2 Å². The SMILES string of the molecule is CC1CCCN1c1ccc(CCl)cc1C#N. The molecule has 84 valence electrons. The van der Waals surface area contributed by atoms with Gasteiger partial charge in [-0.05, 0) is 37.5 Å². The lowest BCUT2D eigenvalue weighted by atomic mass is 10.1. The van der Waals surface area contributed by atoms with E-state index in [9.17, 15) is 0 Å². The molecule has 0 aliphatic carbocycles. The van der Waals surface area contributed by atoms with Crippen molar-refractivity contribution in [3.05, 3.63) is 29.3 Å². The highest BCUT2D eigenvalue weighted by molar-refractivity contribution is 6.17. The van der Waals surface area contributed by atoms with Crippen molar-refractivity contribution < 1.29 is 0 Å². The van der Waals surface area contributed by atoms with Gasteiger partial charge in [-0.25, -0.2) is 0 Å². The summed E-state index contributed by atoms with van der Waals surface area (Å²) in [5, 5.41) is 9.17. The average Bonchev–Trinajstić information content (AvgIpc) is 2.74. The maximum Gasteiger partial charge on any atom is 0.101 e. The van der Waals surface area contributed by atoms with Gasteiger partial charge >= 0.3 is 0 Å². The van der Waals surface area contributed by atoms with Crippen molar-refractivity contribution in [3.8, 4) is 6.07 Å². The van der Waals surface area contributed by atoms with E-state index in [0.29, 0.717) is 11.9 Å². The van der Waals surface area contributed by atoms with Crippen LogP contribution in [0.5, 0.6) is 0 Å². The monoisotopic (exact) mass is 234 g/mol. The van der Waals surface area contributed by atoms with E-state index in [-0.39, 0.29) is 0 Å². The van der Waals surface area contributed by atoms with E-state index in [2.05, 4.69) is 17.9 Å². The zero-order chi connectivity index (χ0) is 11.5. The van der Waals surface area contributed by atoms with Gasteiger partial charge in [-0.3, -0.25) is 0 Å². The summed E-state index contributed by atoms with van der Waals surface area (Å²) in [7, 11) is 0. The van der Waals surface area contributed by atoms with Crippen molar-refractivity contribution in [2.24, 2.45) is 0 Å². The van der Waals surface area contributed by atoms with E-state index >= 15 is 0 Å². The molecule has 2 rings (SSSR count). The minimum atomic E-state index is 0.463. The normalized spacial score (nSPS) is 19.8. The van der Waals surface area contributed by atoms with Crippen molar-refractivity contribution in [2.45, 2.75) is 31.7 Å². The molecule has 1 aromatic rings. The van der Waals surface area contributed by atoms with Crippen molar-refractivity contribution in [2.75, 3.05) is 11.4 Å². The Balaban J connectivity index is 2.37. The maximum atomic E-state index is 9.17. The lowest BCUT2D eigenvalue weighted by molar-refractivity contribution is 0.734. The third kappa shape index (κ3) is 2.01. The Morgan fingerprint density at radius 3 is 2.94 bits per heavy atom. The number of hydrogen-bond acceptors (Lipinski definition) is 2. The number of hydrogen-bond donors (Lipinski definition) is 0. The molecule has 0 spiro atoms. The largest absolute Gasteiger partial charge is 0.368 e. The second kappa shape index (κ2) is 4.76. The Bertz CT molecular complexity index is 422. The predicted molar refractivity (Wildman–Crippen MR) is 66.8 cm³/mol. The van der Waals surface area contributed by atoms with E-state index in [1.807, 2.05) is 18.2 Å². The fourth-order valence-electron chi connectivity index (χ4n) is 2.30. The second-order valence-electron chi connectivity index (χ2n) is 4.28. The molecule has 1 aliphatic rings. The predicted octanol–water partition coefficient (Wildman–Crippen LogP) is 3.29. The standard InChI is InChI=1S/C13H15ClN2/c1-10-3-2-6-16(10)13-5-4-11(8-14)7-12(13)9-15/h4-5,7,10H,2-3,6,8H2,1H3. The molecule has 3 heteroatoms. The van der Waals surface area contributed by atoms with Crippen LogP contribution in [-0.4, -0.2) is 12.6 Å². The summed E-state index contributed by atoms with van der Waals surface area (Å²) in [6.45, 7) is 3.26.